The minimum Gasteiger partial charge on any atom is -0.507 e. The Morgan fingerprint density at radius 2 is 2.10 bits per heavy atom. The van der Waals surface area contributed by atoms with Crippen molar-refractivity contribution in [3.8, 4) is 29.1 Å². The van der Waals surface area contributed by atoms with E-state index in [1.807, 2.05) is 37.4 Å². The molecule has 2 aromatic carbocycles. The first-order valence-corrected chi connectivity index (χ1v) is 9.03. The van der Waals surface area contributed by atoms with Gasteiger partial charge in [0.05, 0.1) is 7.11 Å². The summed E-state index contributed by atoms with van der Waals surface area (Å²) in [5.41, 5.74) is 1.90. The molecule has 7 heteroatoms. The highest BCUT2D eigenvalue weighted by Gasteiger charge is 2.32. The monoisotopic (exact) mass is 390 g/mol. The number of ketones is 1. The number of aromatic nitrogens is 1. The second-order valence-corrected chi connectivity index (χ2v) is 6.46. The molecule has 4 rings (SSSR count). The van der Waals surface area contributed by atoms with E-state index in [0.29, 0.717) is 5.75 Å². The van der Waals surface area contributed by atoms with E-state index in [-0.39, 0.29) is 35.2 Å². The maximum atomic E-state index is 12.8. The standard InChI is InChI=1S/C22H18N2O5/c1-3-24-12-13(16-9-14(27-2)4-5-17(16)24)8-20-22(26)21-18(25)10-15(28-7-6-23)11-19(21)29-20/h4-5,8-12,25H,3,7H2,1-2H3/b20-8-. The van der Waals surface area contributed by atoms with Crippen molar-refractivity contribution in [2.24, 2.45) is 0 Å². The van der Waals surface area contributed by atoms with Crippen LogP contribution in [0.15, 0.2) is 42.3 Å². The van der Waals surface area contributed by atoms with Crippen LogP contribution in [0.4, 0.5) is 0 Å². The summed E-state index contributed by atoms with van der Waals surface area (Å²) in [4.78, 5) is 12.8. The molecule has 29 heavy (non-hydrogen) atoms. The van der Waals surface area contributed by atoms with Crippen LogP contribution in [0.2, 0.25) is 0 Å². The zero-order valence-corrected chi connectivity index (χ0v) is 15.9. The first-order chi connectivity index (χ1) is 14.0. The van der Waals surface area contributed by atoms with Gasteiger partial charge in [0.1, 0.15) is 34.6 Å². The molecule has 7 nitrogen and oxygen atoms in total. The van der Waals surface area contributed by atoms with Gasteiger partial charge >= 0.3 is 0 Å². The van der Waals surface area contributed by atoms with Crippen molar-refractivity contribution in [2.45, 2.75) is 13.5 Å². The lowest BCUT2D eigenvalue weighted by atomic mass is 10.1. The summed E-state index contributed by atoms with van der Waals surface area (Å²) in [5.74, 6) is 0.608. The van der Waals surface area contributed by atoms with Crippen molar-refractivity contribution in [3.05, 3.63) is 53.4 Å². The molecule has 1 aromatic heterocycles. The highest BCUT2D eigenvalue weighted by atomic mass is 16.5. The SMILES string of the molecule is CCn1cc(/C=C2\Oc3cc(OCC#N)cc(O)c3C2=O)c2cc(OC)ccc21. The van der Waals surface area contributed by atoms with Gasteiger partial charge in [-0.25, -0.2) is 0 Å². The molecule has 2 heterocycles. The molecule has 1 aliphatic heterocycles. The lowest BCUT2D eigenvalue weighted by Crippen LogP contribution is -1.98. The number of rotatable bonds is 5. The fraction of sp³-hybridized carbons (Fsp3) is 0.182. The van der Waals surface area contributed by atoms with Crippen molar-refractivity contribution < 1.29 is 24.1 Å². The highest BCUT2D eigenvalue weighted by Crippen LogP contribution is 2.41. The van der Waals surface area contributed by atoms with Gasteiger partial charge in [0.15, 0.2) is 12.4 Å². The van der Waals surface area contributed by atoms with Crippen LogP contribution >= 0.6 is 0 Å². The number of carbonyl (C=O) groups is 1. The molecule has 0 fully saturated rings. The molecule has 0 aliphatic carbocycles. The Kier molecular flexibility index (Phi) is 4.61. The Bertz CT molecular complexity index is 1200. The molecule has 0 saturated carbocycles. The maximum absolute atomic E-state index is 12.8. The number of nitrogens with zero attached hydrogens (tertiary/aromatic N) is 2. The number of hydrogen-bond donors (Lipinski definition) is 1. The molecular weight excluding hydrogens is 372 g/mol. The van der Waals surface area contributed by atoms with E-state index in [9.17, 15) is 9.90 Å². The predicted octanol–water partition coefficient (Wildman–Crippen LogP) is 3.89. The van der Waals surface area contributed by atoms with E-state index in [1.165, 1.54) is 12.1 Å². The number of Topliss-reactive ketones (excluding diaryl/α,β-unsaturated/α-hetero) is 1. The third-order valence-corrected chi connectivity index (χ3v) is 4.78. The number of ether oxygens (including phenoxy) is 3. The number of hydrogen-bond acceptors (Lipinski definition) is 6. The van der Waals surface area contributed by atoms with Crippen LogP contribution in [0, 0.1) is 11.3 Å². The Hall–Kier alpha value is -3.92. The lowest BCUT2D eigenvalue weighted by molar-refractivity contribution is 0.101. The van der Waals surface area contributed by atoms with Gasteiger partial charge < -0.3 is 23.9 Å². The van der Waals surface area contributed by atoms with Crippen LogP contribution in [0.3, 0.4) is 0 Å². The number of phenolic OH excluding ortho intramolecular Hbond substituents is 1. The van der Waals surface area contributed by atoms with Gasteiger partial charge in [-0.05, 0) is 31.2 Å². The van der Waals surface area contributed by atoms with Crippen LogP contribution in [0.25, 0.3) is 17.0 Å². The van der Waals surface area contributed by atoms with Crippen molar-refractivity contribution in [3.63, 3.8) is 0 Å². The molecule has 1 aliphatic rings. The first kappa shape index (κ1) is 18.4. The number of nitriles is 1. The van der Waals surface area contributed by atoms with Crippen LogP contribution in [-0.4, -0.2) is 29.2 Å². The molecule has 1 N–H and O–H groups in total. The minimum atomic E-state index is -0.412. The normalized spacial score (nSPS) is 14.0. The van der Waals surface area contributed by atoms with Crippen molar-refractivity contribution in [1.29, 1.82) is 5.26 Å². The lowest BCUT2D eigenvalue weighted by Gasteiger charge is -2.05. The Morgan fingerprint density at radius 3 is 2.83 bits per heavy atom. The molecule has 3 aromatic rings. The zero-order chi connectivity index (χ0) is 20.5. The molecule has 0 spiro atoms. The summed E-state index contributed by atoms with van der Waals surface area (Å²) in [5, 5.41) is 19.8. The number of aromatic hydroxyl groups is 1. The molecular formula is C22H18N2O5. The third-order valence-electron chi connectivity index (χ3n) is 4.78. The van der Waals surface area contributed by atoms with Crippen LogP contribution in [-0.2, 0) is 6.54 Å². The molecule has 0 amide bonds. The Balaban J connectivity index is 1.77. The third kappa shape index (κ3) is 3.15. The number of aryl methyl sites for hydroxylation is 1. The molecule has 146 valence electrons. The maximum Gasteiger partial charge on any atom is 0.235 e. The van der Waals surface area contributed by atoms with Crippen molar-refractivity contribution >= 4 is 22.8 Å². The van der Waals surface area contributed by atoms with Gasteiger partial charge in [0.25, 0.3) is 0 Å². The topological polar surface area (TPSA) is 93.7 Å². The summed E-state index contributed by atoms with van der Waals surface area (Å²) in [6, 6.07) is 10.4. The van der Waals surface area contributed by atoms with Gasteiger partial charge in [0.2, 0.25) is 5.78 Å². The smallest absolute Gasteiger partial charge is 0.235 e. The van der Waals surface area contributed by atoms with E-state index in [2.05, 4.69) is 4.57 Å². The number of phenols is 1. The summed E-state index contributed by atoms with van der Waals surface area (Å²) in [6.07, 6.45) is 3.60. The van der Waals surface area contributed by atoms with Crippen molar-refractivity contribution in [2.75, 3.05) is 13.7 Å². The summed E-state index contributed by atoms with van der Waals surface area (Å²) in [7, 11) is 1.60. The number of benzene rings is 2. The van der Waals surface area contributed by atoms with Gasteiger partial charge in [-0.2, -0.15) is 5.26 Å². The van der Waals surface area contributed by atoms with E-state index in [4.69, 9.17) is 19.5 Å². The number of carbonyl (C=O) groups excluding carboxylic acids is 1. The molecule has 0 radical (unpaired) electrons. The predicted molar refractivity (Wildman–Crippen MR) is 106 cm³/mol. The van der Waals surface area contributed by atoms with Crippen LogP contribution in [0.1, 0.15) is 22.8 Å². The fourth-order valence-electron chi connectivity index (χ4n) is 3.42. The summed E-state index contributed by atoms with van der Waals surface area (Å²) in [6.45, 7) is 2.63. The number of methoxy groups -OCH3 is 1. The highest BCUT2D eigenvalue weighted by molar-refractivity contribution is 6.16. The average molecular weight is 390 g/mol. The molecule has 0 atom stereocenters. The second kappa shape index (κ2) is 7.24. The minimum absolute atomic E-state index is 0.0809. The largest absolute Gasteiger partial charge is 0.507 e. The first-order valence-electron chi connectivity index (χ1n) is 9.03. The van der Waals surface area contributed by atoms with Gasteiger partial charge in [0, 0.05) is 41.3 Å². The number of fused-ring (bicyclic) bond motifs is 2. The van der Waals surface area contributed by atoms with E-state index in [1.54, 1.807) is 13.2 Å². The molecule has 0 saturated heterocycles. The Labute approximate surface area is 167 Å². The van der Waals surface area contributed by atoms with Gasteiger partial charge in [-0.15, -0.1) is 0 Å². The summed E-state index contributed by atoms with van der Waals surface area (Å²) < 4.78 is 18.3. The fourth-order valence-corrected chi connectivity index (χ4v) is 3.42. The quantitative estimate of drug-likeness (QED) is 0.664. The molecule has 0 bridgehead atoms. The van der Waals surface area contributed by atoms with E-state index < -0.39 is 5.78 Å². The second-order valence-electron chi connectivity index (χ2n) is 6.46. The summed E-state index contributed by atoms with van der Waals surface area (Å²) >= 11 is 0. The Morgan fingerprint density at radius 1 is 1.28 bits per heavy atom. The number of allylic oxidation sites excluding steroid dienone is 1. The van der Waals surface area contributed by atoms with Crippen LogP contribution < -0.4 is 14.2 Å². The van der Waals surface area contributed by atoms with Gasteiger partial charge in [-0.1, -0.05) is 0 Å². The zero-order valence-electron chi connectivity index (χ0n) is 15.9. The van der Waals surface area contributed by atoms with E-state index in [0.717, 1.165) is 23.0 Å². The molecule has 0 unspecified atom stereocenters. The van der Waals surface area contributed by atoms with Gasteiger partial charge in [-0.3, -0.25) is 4.79 Å². The van der Waals surface area contributed by atoms with E-state index >= 15 is 0 Å². The average Bonchev–Trinajstić information content (AvgIpc) is 3.23. The van der Waals surface area contributed by atoms with Crippen molar-refractivity contribution in [1.82, 2.24) is 4.57 Å². The van der Waals surface area contributed by atoms with Crippen LogP contribution in [0.5, 0.6) is 23.0 Å².